The second kappa shape index (κ2) is 7.12. The van der Waals surface area contributed by atoms with Gasteiger partial charge in [-0.15, -0.1) is 0 Å². The molecule has 1 aromatic heterocycles. The molecule has 0 saturated heterocycles. The molecule has 0 atom stereocenters. The molecule has 0 aliphatic rings. The van der Waals surface area contributed by atoms with Crippen LogP contribution in [0.5, 0.6) is 0 Å². The molecule has 4 heteroatoms. The zero-order chi connectivity index (χ0) is 14.4. The number of nitrogens with one attached hydrogen (secondary N) is 2. The quantitative estimate of drug-likeness (QED) is 0.829. The summed E-state index contributed by atoms with van der Waals surface area (Å²) in [5.41, 5.74) is 0.594. The minimum Gasteiger partial charge on any atom is -0.369 e. The third kappa shape index (κ3) is 4.23. The van der Waals surface area contributed by atoms with Crippen LogP contribution >= 0.6 is 0 Å². The Balaban J connectivity index is 2.80. The molecule has 4 nitrogen and oxygen atoms in total. The van der Waals surface area contributed by atoms with Gasteiger partial charge < -0.3 is 10.6 Å². The normalized spacial score (nSPS) is 11.2. The van der Waals surface area contributed by atoms with Gasteiger partial charge in [0.25, 0.3) is 5.91 Å². The molecule has 106 valence electrons. The van der Waals surface area contributed by atoms with Gasteiger partial charge in [-0.25, -0.2) is 4.98 Å². The van der Waals surface area contributed by atoms with E-state index in [9.17, 15) is 4.79 Å². The van der Waals surface area contributed by atoms with Crippen molar-refractivity contribution in [3.8, 4) is 0 Å². The van der Waals surface area contributed by atoms with E-state index in [1.807, 2.05) is 0 Å². The molecular formula is C15H25N3O. The van der Waals surface area contributed by atoms with Crippen molar-refractivity contribution >= 4 is 11.7 Å². The third-order valence-electron chi connectivity index (χ3n) is 3.50. The van der Waals surface area contributed by atoms with Gasteiger partial charge in [0.15, 0.2) is 0 Å². The monoisotopic (exact) mass is 263 g/mol. The molecule has 0 aromatic carbocycles. The van der Waals surface area contributed by atoms with Gasteiger partial charge in [-0.2, -0.15) is 0 Å². The van der Waals surface area contributed by atoms with Gasteiger partial charge in [0.2, 0.25) is 0 Å². The van der Waals surface area contributed by atoms with Gasteiger partial charge in [0.1, 0.15) is 5.82 Å². The van der Waals surface area contributed by atoms with Crippen molar-refractivity contribution in [1.82, 2.24) is 10.3 Å². The standard InChI is InChI=1S/C15H25N3O/c1-10(2)13(11(3)4)9-18-14-12(15(19)16-5)7-6-8-17-14/h6-8,10-11,13H,9H2,1-5H3,(H,16,19)(H,17,18). The largest absolute Gasteiger partial charge is 0.369 e. The van der Waals surface area contributed by atoms with Crippen LogP contribution in [0.15, 0.2) is 18.3 Å². The fourth-order valence-electron chi connectivity index (χ4n) is 2.32. The highest BCUT2D eigenvalue weighted by Gasteiger charge is 2.18. The highest BCUT2D eigenvalue weighted by Crippen LogP contribution is 2.21. The van der Waals surface area contributed by atoms with Gasteiger partial charge in [-0.1, -0.05) is 27.7 Å². The molecule has 2 N–H and O–H groups in total. The zero-order valence-electron chi connectivity index (χ0n) is 12.5. The molecule has 0 spiro atoms. The van der Waals surface area contributed by atoms with Gasteiger partial charge >= 0.3 is 0 Å². The molecule has 1 aromatic rings. The summed E-state index contributed by atoms with van der Waals surface area (Å²) < 4.78 is 0. The van der Waals surface area contributed by atoms with Crippen LogP contribution in [0.2, 0.25) is 0 Å². The van der Waals surface area contributed by atoms with Crippen molar-refractivity contribution < 1.29 is 4.79 Å². The maximum atomic E-state index is 11.8. The van der Waals surface area contributed by atoms with E-state index in [0.29, 0.717) is 29.1 Å². The lowest BCUT2D eigenvalue weighted by Crippen LogP contribution is -2.26. The maximum absolute atomic E-state index is 11.8. The average molecular weight is 263 g/mol. The summed E-state index contributed by atoms with van der Waals surface area (Å²) >= 11 is 0. The molecule has 1 rings (SSSR count). The lowest BCUT2D eigenvalue weighted by molar-refractivity contribution is 0.0963. The predicted molar refractivity (Wildman–Crippen MR) is 79.3 cm³/mol. The number of carbonyl (C=O) groups excluding carboxylic acids is 1. The molecule has 0 aliphatic carbocycles. The van der Waals surface area contributed by atoms with Crippen LogP contribution in [0.3, 0.4) is 0 Å². The van der Waals surface area contributed by atoms with Gasteiger partial charge in [0.05, 0.1) is 5.56 Å². The van der Waals surface area contributed by atoms with Crippen molar-refractivity contribution in [1.29, 1.82) is 0 Å². The van der Waals surface area contributed by atoms with E-state index in [1.54, 1.807) is 25.4 Å². The van der Waals surface area contributed by atoms with Crippen molar-refractivity contribution in [3.05, 3.63) is 23.9 Å². The third-order valence-corrected chi connectivity index (χ3v) is 3.50. The fraction of sp³-hybridized carbons (Fsp3) is 0.600. The van der Waals surface area contributed by atoms with Crippen molar-refractivity contribution in [2.24, 2.45) is 17.8 Å². The van der Waals surface area contributed by atoms with Gasteiger partial charge in [-0.05, 0) is 29.9 Å². The van der Waals surface area contributed by atoms with Gasteiger partial charge in [0, 0.05) is 19.8 Å². The first-order valence-electron chi connectivity index (χ1n) is 6.88. The second-order valence-electron chi connectivity index (χ2n) is 5.51. The van der Waals surface area contributed by atoms with Crippen LogP contribution in [0.25, 0.3) is 0 Å². The Kier molecular flexibility index (Phi) is 5.80. The lowest BCUT2D eigenvalue weighted by atomic mass is 9.85. The van der Waals surface area contributed by atoms with Crippen LogP contribution < -0.4 is 10.6 Å². The molecule has 1 amide bonds. The average Bonchev–Trinajstić information content (AvgIpc) is 2.37. The molecule has 0 unspecified atom stereocenters. The molecule has 0 saturated carbocycles. The summed E-state index contributed by atoms with van der Waals surface area (Å²) in [5.74, 6) is 2.30. The van der Waals surface area contributed by atoms with Gasteiger partial charge in [-0.3, -0.25) is 4.79 Å². The number of hydrogen-bond donors (Lipinski definition) is 2. The summed E-state index contributed by atoms with van der Waals surface area (Å²) in [7, 11) is 1.63. The Bertz CT molecular complexity index is 408. The summed E-state index contributed by atoms with van der Waals surface area (Å²) in [6.45, 7) is 9.74. The molecule has 0 aliphatic heterocycles. The Labute approximate surface area is 116 Å². The van der Waals surface area contributed by atoms with Crippen molar-refractivity contribution in [2.45, 2.75) is 27.7 Å². The first-order valence-corrected chi connectivity index (χ1v) is 6.88. The van der Waals surface area contributed by atoms with E-state index in [-0.39, 0.29) is 5.91 Å². The predicted octanol–water partition coefficient (Wildman–Crippen LogP) is 2.78. The van der Waals surface area contributed by atoms with E-state index >= 15 is 0 Å². The SMILES string of the molecule is CNC(=O)c1cccnc1NCC(C(C)C)C(C)C. The minimum atomic E-state index is -0.110. The number of amides is 1. The van der Waals surface area contributed by atoms with Crippen LogP contribution in [0.1, 0.15) is 38.1 Å². The van der Waals surface area contributed by atoms with E-state index < -0.39 is 0 Å². The number of aromatic nitrogens is 1. The summed E-state index contributed by atoms with van der Waals surface area (Å²) in [6.07, 6.45) is 1.70. The maximum Gasteiger partial charge on any atom is 0.254 e. The van der Waals surface area contributed by atoms with E-state index in [0.717, 1.165) is 6.54 Å². The lowest BCUT2D eigenvalue weighted by Gasteiger charge is -2.25. The molecular weight excluding hydrogens is 238 g/mol. The van der Waals surface area contributed by atoms with Crippen LogP contribution in [0.4, 0.5) is 5.82 Å². The second-order valence-corrected chi connectivity index (χ2v) is 5.51. The number of nitrogens with zero attached hydrogens (tertiary/aromatic N) is 1. The van der Waals surface area contributed by atoms with E-state index in [2.05, 4.69) is 43.3 Å². The number of hydrogen-bond acceptors (Lipinski definition) is 3. The van der Waals surface area contributed by atoms with Crippen molar-refractivity contribution in [3.63, 3.8) is 0 Å². The molecule has 19 heavy (non-hydrogen) atoms. The van der Waals surface area contributed by atoms with E-state index in [1.165, 1.54) is 0 Å². The zero-order valence-corrected chi connectivity index (χ0v) is 12.5. The summed E-state index contributed by atoms with van der Waals surface area (Å²) in [6, 6.07) is 3.56. The number of pyridine rings is 1. The van der Waals surface area contributed by atoms with Crippen LogP contribution in [0, 0.1) is 17.8 Å². The van der Waals surface area contributed by atoms with Crippen LogP contribution in [-0.4, -0.2) is 24.5 Å². The van der Waals surface area contributed by atoms with Crippen molar-refractivity contribution in [2.75, 3.05) is 18.9 Å². The first kappa shape index (κ1) is 15.5. The first-order chi connectivity index (χ1) is 8.97. The Morgan fingerprint density at radius 3 is 2.42 bits per heavy atom. The molecule has 0 radical (unpaired) electrons. The summed E-state index contributed by atoms with van der Waals surface area (Å²) in [4.78, 5) is 16.0. The molecule has 1 heterocycles. The molecule has 0 bridgehead atoms. The Hall–Kier alpha value is -1.58. The molecule has 0 fully saturated rings. The minimum absolute atomic E-state index is 0.110. The highest BCUT2D eigenvalue weighted by molar-refractivity contribution is 5.98. The summed E-state index contributed by atoms with van der Waals surface area (Å²) in [5, 5.41) is 5.96. The fourth-order valence-corrected chi connectivity index (χ4v) is 2.32. The number of rotatable bonds is 6. The Morgan fingerprint density at radius 1 is 1.26 bits per heavy atom. The number of carbonyl (C=O) groups is 1. The Morgan fingerprint density at radius 2 is 1.89 bits per heavy atom. The highest BCUT2D eigenvalue weighted by atomic mass is 16.1. The topological polar surface area (TPSA) is 54.0 Å². The smallest absolute Gasteiger partial charge is 0.254 e. The van der Waals surface area contributed by atoms with Crippen LogP contribution in [-0.2, 0) is 0 Å². The number of anilines is 1. The van der Waals surface area contributed by atoms with E-state index in [4.69, 9.17) is 0 Å².